The molecule has 0 fully saturated rings. The standard InChI is InChI=1S/C22H24N2OS/c1-15-4-10-20(11-5-15)22-24-21(14-26-22)19-12-8-18(9-13-19)7-6-16(2)23-17(3)25/h4-5,8-14,16H,6-7H2,1-3H3,(H,23,25)/t16-/m0/s1. The predicted octanol–water partition coefficient (Wildman–Crippen LogP) is 5.24. The lowest BCUT2D eigenvalue weighted by molar-refractivity contribution is -0.119. The van der Waals surface area contributed by atoms with E-state index in [1.54, 1.807) is 18.3 Å². The fourth-order valence-electron chi connectivity index (χ4n) is 2.88. The number of nitrogens with zero attached hydrogens (tertiary/aromatic N) is 1. The molecule has 0 bridgehead atoms. The van der Waals surface area contributed by atoms with Gasteiger partial charge in [-0.05, 0) is 32.3 Å². The Morgan fingerprint density at radius 3 is 2.38 bits per heavy atom. The van der Waals surface area contributed by atoms with Crippen LogP contribution in [-0.4, -0.2) is 16.9 Å². The maximum atomic E-state index is 11.1. The summed E-state index contributed by atoms with van der Waals surface area (Å²) < 4.78 is 0. The second-order valence-corrected chi connectivity index (χ2v) is 7.60. The summed E-state index contributed by atoms with van der Waals surface area (Å²) in [5.74, 6) is 0.0285. The average molecular weight is 365 g/mol. The lowest BCUT2D eigenvalue weighted by Gasteiger charge is -2.12. The molecule has 0 unspecified atom stereocenters. The quantitative estimate of drug-likeness (QED) is 0.650. The van der Waals surface area contributed by atoms with Crippen LogP contribution in [0.5, 0.6) is 0 Å². The van der Waals surface area contributed by atoms with E-state index in [4.69, 9.17) is 4.98 Å². The number of rotatable bonds is 6. The Morgan fingerprint density at radius 1 is 1.08 bits per heavy atom. The maximum absolute atomic E-state index is 11.1. The van der Waals surface area contributed by atoms with Crippen molar-refractivity contribution in [3.05, 3.63) is 65.0 Å². The van der Waals surface area contributed by atoms with Gasteiger partial charge in [0.05, 0.1) is 5.69 Å². The zero-order valence-corrected chi connectivity index (χ0v) is 16.3. The van der Waals surface area contributed by atoms with Crippen molar-refractivity contribution >= 4 is 17.2 Å². The number of hydrogen-bond donors (Lipinski definition) is 1. The van der Waals surface area contributed by atoms with Crippen LogP contribution in [0.25, 0.3) is 21.8 Å². The summed E-state index contributed by atoms with van der Waals surface area (Å²) in [6.07, 6.45) is 1.89. The molecule has 3 nitrogen and oxygen atoms in total. The van der Waals surface area contributed by atoms with Crippen LogP contribution < -0.4 is 5.32 Å². The van der Waals surface area contributed by atoms with Crippen molar-refractivity contribution in [1.82, 2.24) is 10.3 Å². The van der Waals surface area contributed by atoms with E-state index in [0.717, 1.165) is 34.7 Å². The number of benzene rings is 2. The van der Waals surface area contributed by atoms with Gasteiger partial charge >= 0.3 is 0 Å². The van der Waals surface area contributed by atoms with Crippen LogP contribution in [0, 0.1) is 6.92 Å². The normalized spacial score (nSPS) is 12.0. The molecule has 1 heterocycles. The van der Waals surface area contributed by atoms with Gasteiger partial charge in [-0.1, -0.05) is 54.1 Å². The number of carbonyl (C=O) groups is 1. The Hall–Kier alpha value is -2.46. The summed E-state index contributed by atoms with van der Waals surface area (Å²) >= 11 is 1.68. The molecule has 0 aliphatic rings. The fraction of sp³-hybridized carbons (Fsp3) is 0.273. The Morgan fingerprint density at radius 2 is 1.73 bits per heavy atom. The van der Waals surface area contributed by atoms with Crippen LogP contribution in [0.2, 0.25) is 0 Å². The van der Waals surface area contributed by atoms with Crippen molar-refractivity contribution < 1.29 is 4.79 Å². The molecule has 0 aliphatic carbocycles. The highest BCUT2D eigenvalue weighted by Gasteiger charge is 2.08. The fourth-order valence-corrected chi connectivity index (χ4v) is 3.71. The maximum Gasteiger partial charge on any atom is 0.217 e. The smallest absolute Gasteiger partial charge is 0.217 e. The molecule has 3 rings (SSSR count). The van der Waals surface area contributed by atoms with Crippen molar-refractivity contribution in [2.75, 3.05) is 0 Å². The van der Waals surface area contributed by atoms with Gasteiger partial charge in [-0.25, -0.2) is 4.98 Å². The molecule has 0 spiro atoms. The third-order valence-electron chi connectivity index (χ3n) is 4.37. The van der Waals surface area contributed by atoms with Crippen molar-refractivity contribution in [3.8, 4) is 21.8 Å². The minimum atomic E-state index is 0.0285. The van der Waals surface area contributed by atoms with Crippen molar-refractivity contribution in [2.45, 2.75) is 39.7 Å². The van der Waals surface area contributed by atoms with E-state index in [2.05, 4.69) is 66.2 Å². The highest BCUT2D eigenvalue weighted by atomic mass is 32.1. The topological polar surface area (TPSA) is 42.0 Å². The minimum Gasteiger partial charge on any atom is -0.354 e. The third-order valence-corrected chi connectivity index (χ3v) is 5.26. The largest absolute Gasteiger partial charge is 0.354 e. The van der Waals surface area contributed by atoms with Gasteiger partial charge in [0.1, 0.15) is 5.01 Å². The Balaban J connectivity index is 1.65. The second-order valence-electron chi connectivity index (χ2n) is 6.74. The van der Waals surface area contributed by atoms with Gasteiger partial charge in [-0.15, -0.1) is 11.3 Å². The molecular weight excluding hydrogens is 340 g/mol. The molecule has 2 aromatic carbocycles. The highest BCUT2D eigenvalue weighted by molar-refractivity contribution is 7.13. The molecule has 1 amide bonds. The summed E-state index contributed by atoms with van der Waals surface area (Å²) in [4.78, 5) is 15.9. The lowest BCUT2D eigenvalue weighted by atomic mass is 10.0. The van der Waals surface area contributed by atoms with Crippen molar-refractivity contribution in [3.63, 3.8) is 0 Å². The third kappa shape index (κ3) is 4.79. The summed E-state index contributed by atoms with van der Waals surface area (Å²) in [7, 11) is 0. The number of hydrogen-bond acceptors (Lipinski definition) is 3. The number of amides is 1. The van der Waals surface area contributed by atoms with E-state index in [0.29, 0.717) is 0 Å². The monoisotopic (exact) mass is 364 g/mol. The van der Waals surface area contributed by atoms with Crippen LogP contribution in [0.15, 0.2) is 53.9 Å². The number of aryl methyl sites for hydroxylation is 2. The lowest BCUT2D eigenvalue weighted by Crippen LogP contribution is -2.30. The van der Waals surface area contributed by atoms with Crippen LogP contribution in [0.1, 0.15) is 31.4 Å². The van der Waals surface area contributed by atoms with Crippen LogP contribution in [0.4, 0.5) is 0 Å². The van der Waals surface area contributed by atoms with Gasteiger partial charge in [0.15, 0.2) is 0 Å². The molecule has 3 aromatic rings. The van der Waals surface area contributed by atoms with Gasteiger partial charge < -0.3 is 5.32 Å². The summed E-state index contributed by atoms with van der Waals surface area (Å²) in [6, 6.07) is 17.2. The van der Waals surface area contributed by atoms with E-state index in [1.807, 2.05) is 6.92 Å². The number of thiazole rings is 1. The molecule has 1 N–H and O–H groups in total. The number of carbonyl (C=O) groups excluding carboxylic acids is 1. The SMILES string of the molecule is CC(=O)N[C@@H](C)CCc1ccc(-c2csc(-c3ccc(C)cc3)n2)cc1. The first-order valence-corrected chi connectivity index (χ1v) is 9.78. The predicted molar refractivity (Wildman–Crippen MR) is 109 cm³/mol. The highest BCUT2D eigenvalue weighted by Crippen LogP contribution is 2.29. The number of aromatic nitrogens is 1. The van der Waals surface area contributed by atoms with E-state index in [9.17, 15) is 4.79 Å². The van der Waals surface area contributed by atoms with Crippen LogP contribution in [-0.2, 0) is 11.2 Å². The zero-order valence-electron chi connectivity index (χ0n) is 15.5. The molecule has 26 heavy (non-hydrogen) atoms. The molecule has 1 aromatic heterocycles. The molecule has 0 radical (unpaired) electrons. The molecule has 0 saturated carbocycles. The van der Waals surface area contributed by atoms with Gasteiger partial charge in [0, 0.05) is 29.5 Å². The Labute approximate surface area is 159 Å². The van der Waals surface area contributed by atoms with Gasteiger partial charge in [0.25, 0.3) is 0 Å². The molecule has 0 aliphatic heterocycles. The Kier molecular flexibility index (Phi) is 5.84. The van der Waals surface area contributed by atoms with E-state index in [-0.39, 0.29) is 11.9 Å². The molecular formula is C22H24N2OS. The van der Waals surface area contributed by atoms with E-state index >= 15 is 0 Å². The molecule has 1 atom stereocenters. The van der Waals surface area contributed by atoms with Gasteiger partial charge in [-0.2, -0.15) is 0 Å². The van der Waals surface area contributed by atoms with Crippen molar-refractivity contribution in [1.29, 1.82) is 0 Å². The van der Waals surface area contributed by atoms with Crippen LogP contribution >= 0.6 is 11.3 Å². The first-order chi connectivity index (χ1) is 12.5. The first-order valence-electron chi connectivity index (χ1n) is 8.90. The second kappa shape index (κ2) is 8.28. The summed E-state index contributed by atoms with van der Waals surface area (Å²) in [6.45, 7) is 5.69. The molecule has 134 valence electrons. The zero-order chi connectivity index (χ0) is 18.5. The molecule has 4 heteroatoms. The van der Waals surface area contributed by atoms with Gasteiger partial charge in [0.2, 0.25) is 5.91 Å². The Bertz CT molecular complexity index is 866. The summed E-state index contributed by atoms with van der Waals surface area (Å²) in [5.41, 5.74) is 5.85. The van der Waals surface area contributed by atoms with Gasteiger partial charge in [-0.3, -0.25) is 4.79 Å². The average Bonchev–Trinajstić information content (AvgIpc) is 3.10. The number of nitrogens with one attached hydrogen (secondary N) is 1. The van der Waals surface area contributed by atoms with E-state index in [1.165, 1.54) is 11.1 Å². The first kappa shape index (κ1) is 18.3. The minimum absolute atomic E-state index is 0.0285. The van der Waals surface area contributed by atoms with Crippen molar-refractivity contribution in [2.24, 2.45) is 0 Å². The van der Waals surface area contributed by atoms with Crippen LogP contribution in [0.3, 0.4) is 0 Å². The molecule has 0 saturated heterocycles. The van der Waals surface area contributed by atoms with E-state index < -0.39 is 0 Å². The summed E-state index contributed by atoms with van der Waals surface area (Å²) in [5, 5.41) is 6.09.